The van der Waals surface area contributed by atoms with Crippen LogP contribution in [0.25, 0.3) is 17.1 Å². The number of benzene rings is 1. The highest BCUT2D eigenvalue weighted by atomic mass is 32.2. The van der Waals surface area contributed by atoms with E-state index in [1.54, 1.807) is 35.3 Å². The Kier molecular flexibility index (Phi) is 3.13. The number of primary sulfonamides is 1. The van der Waals surface area contributed by atoms with Crippen LogP contribution in [-0.4, -0.2) is 22.3 Å². The van der Waals surface area contributed by atoms with E-state index < -0.39 is 10.0 Å². The summed E-state index contributed by atoms with van der Waals surface area (Å²) < 4.78 is 28.7. The molecular weight excluding hydrogens is 296 g/mol. The van der Waals surface area contributed by atoms with Crippen LogP contribution >= 0.6 is 11.5 Å². The van der Waals surface area contributed by atoms with Crippen LogP contribution in [0.4, 0.5) is 0 Å². The molecule has 6 nitrogen and oxygen atoms in total. The Balaban J connectivity index is 2.14. The number of rotatable bonds is 3. The van der Waals surface area contributed by atoms with Gasteiger partial charge in [-0.05, 0) is 29.7 Å². The molecule has 8 heteroatoms. The first kappa shape index (κ1) is 13.0. The largest absolute Gasteiger partial charge is 0.300 e. The van der Waals surface area contributed by atoms with Gasteiger partial charge in [0.25, 0.3) is 0 Å². The molecule has 0 saturated heterocycles. The fourth-order valence-corrected chi connectivity index (χ4v) is 2.92. The summed E-state index contributed by atoms with van der Waals surface area (Å²) in [7, 11) is -3.73. The Labute approximate surface area is 119 Å². The highest BCUT2D eigenvalue weighted by Crippen LogP contribution is 2.23. The lowest BCUT2D eigenvalue weighted by molar-refractivity contribution is 0.597. The minimum absolute atomic E-state index is 0.0677. The van der Waals surface area contributed by atoms with Gasteiger partial charge in [-0.3, -0.25) is 4.57 Å². The van der Waals surface area contributed by atoms with E-state index in [0.717, 1.165) is 5.56 Å². The van der Waals surface area contributed by atoms with Gasteiger partial charge in [-0.15, -0.1) is 0 Å². The molecule has 3 rings (SSSR count). The van der Waals surface area contributed by atoms with Gasteiger partial charge in [0.1, 0.15) is 5.82 Å². The molecular formula is C12H10N4O2S2. The van der Waals surface area contributed by atoms with E-state index in [1.165, 1.54) is 23.7 Å². The van der Waals surface area contributed by atoms with E-state index in [2.05, 4.69) is 9.36 Å². The van der Waals surface area contributed by atoms with Crippen LogP contribution in [0.1, 0.15) is 0 Å². The second-order valence-corrected chi connectivity index (χ2v) is 6.30. The average Bonchev–Trinajstić information content (AvgIpc) is 3.08. The molecule has 0 amide bonds. The summed E-state index contributed by atoms with van der Waals surface area (Å²) >= 11 is 1.33. The number of sulfonamides is 1. The van der Waals surface area contributed by atoms with E-state index in [4.69, 9.17) is 5.14 Å². The van der Waals surface area contributed by atoms with Crippen LogP contribution in [0.3, 0.4) is 0 Å². The van der Waals surface area contributed by atoms with E-state index in [9.17, 15) is 8.42 Å². The maximum absolute atomic E-state index is 11.4. The Morgan fingerprint density at radius 1 is 1.30 bits per heavy atom. The monoisotopic (exact) mass is 306 g/mol. The molecule has 0 radical (unpaired) electrons. The molecule has 0 bridgehead atoms. The fourth-order valence-electron chi connectivity index (χ4n) is 1.85. The van der Waals surface area contributed by atoms with Crippen molar-refractivity contribution in [1.82, 2.24) is 13.9 Å². The predicted molar refractivity (Wildman–Crippen MR) is 76.0 cm³/mol. The standard InChI is InChI=1S/C12H10N4O2S2/c13-20(17,18)11-3-1-2-10(6-11)16-5-4-14-12(16)9-7-15-19-8-9/h1-8H,(H2,13,17,18). The summed E-state index contributed by atoms with van der Waals surface area (Å²) in [6.07, 6.45) is 5.12. The Hall–Kier alpha value is -2.03. The summed E-state index contributed by atoms with van der Waals surface area (Å²) in [5, 5.41) is 7.03. The maximum atomic E-state index is 11.4. The third-order valence-electron chi connectivity index (χ3n) is 2.76. The molecule has 0 aliphatic carbocycles. The smallest absolute Gasteiger partial charge is 0.238 e. The van der Waals surface area contributed by atoms with Crippen LogP contribution in [0.5, 0.6) is 0 Å². The average molecular weight is 306 g/mol. The number of aromatic nitrogens is 3. The van der Waals surface area contributed by atoms with E-state index in [0.29, 0.717) is 11.5 Å². The van der Waals surface area contributed by atoms with Crippen LogP contribution in [-0.2, 0) is 10.0 Å². The fraction of sp³-hybridized carbons (Fsp3) is 0. The van der Waals surface area contributed by atoms with Crippen molar-refractivity contribution in [3.63, 3.8) is 0 Å². The number of hydrogen-bond acceptors (Lipinski definition) is 5. The molecule has 0 saturated carbocycles. The lowest BCUT2D eigenvalue weighted by Gasteiger charge is -2.08. The topological polar surface area (TPSA) is 90.9 Å². The molecule has 0 spiro atoms. The molecule has 0 aliphatic heterocycles. The first-order valence-corrected chi connectivity index (χ1v) is 8.00. The summed E-state index contributed by atoms with van der Waals surface area (Å²) in [4.78, 5) is 4.34. The Bertz CT molecular complexity index is 838. The summed E-state index contributed by atoms with van der Waals surface area (Å²) in [6, 6.07) is 6.41. The predicted octanol–water partition coefficient (Wildman–Crippen LogP) is 1.64. The summed E-state index contributed by atoms with van der Waals surface area (Å²) in [5.74, 6) is 0.699. The Morgan fingerprint density at radius 3 is 2.85 bits per heavy atom. The molecule has 2 N–H and O–H groups in total. The van der Waals surface area contributed by atoms with Gasteiger partial charge in [0, 0.05) is 29.0 Å². The highest BCUT2D eigenvalue weighted by Gasteiger charge is 2.12. The van der Waals surface area contributed by atoms with Crippen molar-refractivity contribution in [3.05, 3.63) is 48.2 Å². The number of imidazole rings is 1. The van der Waals surface area contributed by atoms with E-state index >= 15 is 0 Å². The summed E-state index contributed by atoms with van der Waals surface area (Å²) in [5.41, 5.74) is 1.55. The molecule has 0 unspecified atom stereocenters. The van der Waals surface area contributed by atoms with Gasteiger partial charge >= 0.3 is 0 Å². The van der Waals surface area contributed by atoms with Crippen molar-refractivity contribution < 1.29 is 8.42 Å². The van der Waals surface area contributed by atoms with Gasteiger partial charge in [-0.1, -0.05) is 6.07 Å². The third kappa shape index (κ3) is 2.36. The van der Waals surface area contributed by atoms with E-state index in [1.807, 2.05) is 5.38 Å². The SMILES string of the molecule is NS(=O)(=O)c1cccc(-n2ccnc2-c2cnsc2)c1. The van der Waals surface area contributed by atoms with E-state index in [-0.39, 0.29) is 4.90 Å². The second-order valence-electron chi connectivity index (χ2n) is 4.08. The number of nitrogens with zero attached hydrogens (tertiary/aromatic N) is 3. The number of hydrogen-bond donors (Lipinski definition) is 1. The van der Waals surface area contributed by atoms with Gasteiger partial charge in [0.2, 0.25) is 10.0 Å². The molecule has 3 aromatic rings. The zero-order chi connectivity index (χ0) is 14.2. The normalized spacial score (nSPS) is 11.7. The maximum Gasteiger partial charge on any atom is 0.238 e. The van der Waals surface area contributed by atoms with Crippen molar-refractivity contribution in [3.8, 4) is 17.1 Å². The zero-order valence-corrected chi connectivity index (χ0v) is 11.8. The minimum atomic E-state index is -3.73. The molecule has 20 heavy (non-hydrogen) atoms. The van der Waals surface area contributed by atoms with Crippen molar-refractivity contribution in [2.24, 2.45) is 5.14 Å². The van der Waals surface area contributed by atoms with Gasteiger partial charge in [-0.2, -0.15) is 0 Å². The summed E-state index contributed by atoms with van der Waals surface area (Å²) in [6.45, 7) is 0. The first-order chi connectivity index (χ1) is 9.55. The van der Waals surface area contributed by atoms with Crippen molar-refractivity contribution in [1.29, 1.82) is 0 Å². The number of nitrogens with two attached hydrogens (primary N) is 1. The molecule has 1 aromatic carbocycles. The van der Waals surface area contributed by atoms with Crippen LogP contribution in [0.2, 0.25) is 0 Å². The second kappa shape index (κ2) is 4.82. The molecule has 2 aromatic heterocycles. The van der Waals surface area contributed by atoms with Gasteiger partial charge < -0.3 is 0 Å². The first-order valence-electron chi connectivity index (χ1n) is 5.62. The molecule has 2 heterocycles. The van der Waals surface area contributed by atoms with Gasteiger partial charge in [0.05, 0.1) is 11.1 Å². The molecule has 0 atom stereocenters. The molecule has 102 valence electrons. The highest BCUT2D eigenvalue weighted by molar-refractivity contribution is 7.89. The van der Waals surface area contributed by atoms with Crippen molar-refractivity contribution in [2.45, 2.75) is 4.90 Å². The van der Waals surface area contributed by atoms with Crippen molar-refractivity contribution in [2.75, 3.05) is 0 Å². The quantitative estimate of drug-likeness (QED) is 0.796. The molecule has 0 aliphatic rings. The third-order valence-corrected chi connectivity index (χ3v) is 4.25. The van der Waals surface area contributed by atoms with Gasteiger partial charge in [0.15, 0.2) is 0 Å². The van der Waals surface area contributed by atoms with Crippen LogP contribution in [0.15, 0.2) is 53.1 Å². The van der Waals surface area contributed by atoms with Crippen LogP contribution in [0, 0.1) is 0 Å². The lowest BCUT2D eigenvalue weighted by atomic mass is 10.3. The minimum Gasteiger partial charge on any atom is -0.300 e. The van der Waals surface area contributed by atoms with Crippen molar-refractivity contribution >= 4 is 21.6 Å². The Morgan fingerprint density at radius 2 is 2.15 bits per heavy atom. The zero-order valence-electron chi connectivity index (χ0n) is 10.2. The molecule has 0 fully saturated rings. The van der Waals surface area contributed by atoms with Gasteiger partial charge in [-0.25, -0.2) is 22.9 Å². The van der Waals surface area contributed by atoms with Crippen LogP contribution < -0.4 is 5.14 Å². The lowest BCUT2D eigenvalue weighted by Crippen LogP contribution is -2.12.